The van der Waals surface area contributed by atoms with Gasteiger partial charge in [0.25, 0.3) is 16.4 Å². The number of carbonyl (C=O) groups is 1. The van der Waals surface area contributed by atoms with E-state index < -0.39 is 28.9 Å². The molecule has 0 aliphatic heterocycles. The molecule has 0 fully saturated rings. The van der Waals surface area contributed by atoms with Crippen molar-refractivity contribution in [1.29, 1.82) is 0 Å². The third kappa shape index (κ3) is 3.23. The first kappa shape index (κ1) is 13.6. The van der Waals surface area contributed by atoms with Gasteiger partial charge in [0, 0.05) is 6.92 Å². The number of nitrogens with zero attached hydrogens (tertiary/aromatic N) is 1. The van der Waals surface area contributed by atoms with Crippen LogP contribution in [0.15, 0.2) is 35.2 Å². The molecule has 0 unspecified atom stereocenters. The average molecular weight is 263 g/mol. The Balaban J connectivity index is 3.14. The minimum atomic E-state index is -4.19. The largest absolute Gasteiger partial charge is 0.274 e. The van der Waals surface area contributed by atoms with Crippen LogP contribution in [-0.4, -0.2) is 31.6 Å². The van der Waals surface area contributed by atoms with Crippen molar-refractivity contribution in [2.75, 3.05) is 6.54 Å². The molecule has 1 aromatic carbocycles. The third-order valence-electron chi connectivity index (χ3n) is 1.99. The zero-order valence-corrected chi connectivity index (χ0v) is 9.82. The van der Waals surface area contributed by atoms with E-state index in [9.17, 15) is 22.0 Å². The van der Waals surface area contributed by atoms with Crippen LogP contribution in [0.5, 0.6) is 0 Å². The maximum atomic E-state index is 12.2. The molecule has 17 heavy (non-hydrogen) atoms. The van der Waals surface area contributed by atoms with Crippen LogP contribution < -0.4 is 0 Å². The minimum absolute atomic E-state index is 0.174. The maximum absolute atomic E-state index is 12.2. The van der Waals surface area contributed by atoms with Gasteiger partial charge in [-0.05, 0) is 12.1 Å². The van der Waals surface area contributed by atoms with Gasteiger partial charge in [-0.3, -0.25) is 4.79 Å². The van der Waals surface area contributed by atoms with Crippen molar-refractivity contribution in [2.24, 2.45) is 0 Å². The highest BCUT2D eigenvalue weighted by atomic mass is 32.2. The van der Waals surface area contributed by atoms with E-state index in [4.69, 9.17) is 0 Å². The SMILES string of the molecule is CC(=O)N(CC(F)F)S(=O)(=O)c1ccccc1. The molecule has 0 heterocycles. The lowest BCUT2D eigenvalue weighted by Gasteiger charge is -2.20. The number of rotatable bonds is 4. The summed E-state index contributed by atoms with van der Waals surface area (Å²) in [6.45, 7) is -0.199. The van der Waals surface area contributed by atoms with Gasteiger partial charge in [0.2, 0.25) is 5.91 Å². The smallest absolute Gasteiger partial charge is 0.266 e. The van der Waals surface area contributed by atoms with Crippen LogP contribution in [0.4, 0.5) is 8.78 Å². The molecule has 0 atom stereocenters. The molecule has 0 aliphatic rings. The monoisotopic (exact) mass is 263 g/mol. The number of benzene rings is 1. The van der Waals surface area contributed by atoms with Gasteiger partial charge in [0.05, 0.1) is 11.4 Å². The molecule has 4 nitrogen and oxygen atoms in total. The van der Waals surface area contributed by atoms with Gasteiger partial charge in [-0.2, -0.15) is 0 Å². The van der Waals surface area contributed by atoms with E-state index in [1.165, 1.54) is 24.3 Å². The van der Waals surface area contributed by atoms with Crippen LogP contribution in [0.25, 0.3) is 0 Å². The van der Waals surface area contributed by atoms with Crippen LogP contribution in [0.2, 0.25) is 0 Å². The molecule has 1 rings (SSSR count). The van der Waals surface area contributed by atoms with E-state index in [0.29, 0.717) is 0 Å². The zero-order valence-electron chi connectivity index (χ0n) is 9.01. The summed E-state index contributed by atoms with van der Waals surface area (Å²) in [5.74, 6) is -0.936. The molecule has 0 aromatic heterocycles. The van der Waals surface area contributed by atoms with E-state index in [1.807, 2.05) is 0 Å². The summed E-state index contributed by atoms with van der Waals surface area (Å²) in [5.41, 5.74) is 0. The lowest BCUT2D eigenvalue weighted by atomic mass is 10.4. The molecule has 7 heteroatoms. The highest BCUT2D eigenvalue weighted by Gasteiger charge is 2.29. The van der Waals surface area contributed by atoms with Gasteiger partial charge >= 0.3 is 0 Å². The second-order valence-corrected chi connectivity index (χ2v) is 5.12. The Labute approximate surface area is 97.9 Å². The fourth-order valence-corrected chi connectivity index (χ4v) is 2.64. The van der Waals surface area contributed by atoms with Crippen LogP contribution in [-0.2, 0) is 14.8 Å². The van der Waals surface area contributed by atoms with Gasteiger partial charge in [-0.25, -0.2) is 21.5 Å². The number of sulfonamides is 1. The van der Waals surface area contributed by atoms with Gasteiger partial charge in [-0.1, -0.05) is 18.2 Å². The summed E-state index contributed by atoms with van der Waals surface area (Å²) in [7, 11) is -4.19. The Morgan fingerprint density at radius 1 is 1.29 bits per heavy atom. The first-order chi connectivity index (χ1) is 7.85. The summed E-state index contributed by atoms with van der Waals surface area (Å²) in [6, 6.07) is 6.98. The molecule has 0 saturated carbocycles. The number of carbonyl (C=O) groups excluding carboxylic acids is 1. The summed E-state index contributed by atoms with van der Waals surface area (Å²) in [4.78, 5) is 10.9. The van der Waals surface area contributed by atoms with E-state index in [-0.39, 0.29) is 9.20 Å². The van der Waals surface area contributed by atoms with Gasteiger partial charge in [-0.15, -0.1) is 0 Å². The summed E-state index contributed by atoms with van der Waals surface area (Å²) >= 11 is 0. The minimum Gasteiger partial charge on any atom is -0.274 e. The quantitative estimate of drug-likeness (QED) is 0.827. The molecule has 0 bridgehead atoms. The Bertz CT molecular complexity index is 488. The van der Waals surface area contributed by atoms with Crippen LogP contribution in [0.1, 0.15) is 6.92 Å². The van der Waals surface area contributed by atoms with Gasteiger partial charge in [0.1, 0.15) is 0 Å². The maximum Gasteiger partial charge on any atom is 0.266 e. The predicted octanol–water partition coefficient (Wildman–Crippen LogP) is 1.49. The Kier molecular flexibility index (Phi) is 4.17. The highest BCUT2D eigenvalue weighted by Crippen LogP contribution is 2.16. The van der Waals surface area contributed by atoms with Crippen molar-refractivity contribution in [3.63, 3.8) is 0 Å². The highest BCUT2D eigenvalue weighted by molar-refractivity contribution is 7.89. The summed E-state index contributed by atoms with van der Waals surface area (Å²) in [6.07, 6.45) is -2.91. The third-order valence-corrected chi connectivity index (χ3v) is 3.84. The second kappa shape index (κ2) is 5.22. The number of hydrogen-bond acceptors (Lipinski definition) is 3. The molecule has 0 N–H and O–H groups in total. The van der Waals surface area contributed by atoms with Crippen LogP contribution in [0, 0.1) is 0 Å². The Morgan fingerprint density at radius 2 is 1.82 bits per heavy atom. The zero-order chi connectivity index (χ0) is 13.1. The molecule has 1 aromatic rings. The summed E-state index contributed by atoms with van der Waals surface area (Å²) in [5, 5.41) is 0. The molecule has 0 spiro atoms. The number of halogens is 2. The van der Waals surface area contributed by atoms with E-state index in [2.05, 4.69) is 0 Å². The molecule has 0 aliphatic carbocycles. The van der Waals surface area contributed by atoms with E-state index >= 15 is 0 Å². The fourth-order valence-electron chi connectivity index (χ4n) is 1.24. The lowest BCUT2D eigenvalue weighted by molar-refractivity contribution is -0.125. The molecule has 1 amide bonds. The average Bonchev–Trinajstić information content (AvgIpc) is 2.26. The molecule has 94 valence electrons. The molecular formula is C10H11F2NO3S. The fraction of sp³-hybridized carbons (Fsp3) is 0.300. The molecule has 0 radical (unpaired) electrons. The van der Waals surface area contributed by atoms with Crippen molar-refractivity contribution < 1.29 is 22.0 Å². The molecular weight excluding hydrogens is 252 g/mol. The van der Waals surface area contributed by atoms with Crippen molar-refractivity contribution >= 4 is 15.9 Å². The molecule has 0 saturated heterocycles. The number of hydrogen-bond donors (Lipinski definition) is 0. The topological polar surface area (TPSA) is 54.5 Å². The number of amides is 1. The second-order valence-electron chi connectivity index (χ2n) is 3.26. The van der Waals surface area contributed by atoms with Crippen LogP contribution >= 0.6 is 0 Å². The standard InChI is InChI=1S/C10H11F2NO3S/c1-8(14)13(7-10(11)12)17(15,16)9-5-3-2-4-6-9/h2-6,10H,7H2,1H3. The van der Waals surface area contributed by atoms with Gasteiger partial charge in [0.15, 0.2) is 0 Å². The van der Waals surface area contributed by atoms with E-state index in [0.717, 1.165) is 6.92 Å². The van der Waals surface area contributed by atoms with Crippen molar-refractivity contribution in [3.8, 4) is 0 Å². The van der Waals surface area contributed by atoms with E-state index in [1.54, 1.807) is 6.07 Å². The van der Waals surface area contributed by atoms with Crippen molar-refractivity contribution in [2.45, 2.75) is 18.2 Å². The van der Waals surface area contributed by atoms with Crippen molar-refractivity contribution in [3.05, 3.63) is 30.3 Å². The first-order valence-corrected chi connectivity index (χ1v) is 6.16. The predicted molar refractivity (Wildman–Crippen MR) is 57.0 cm³/mol. The van der Waals surface area contributed by atoms with Crippen molar-refractivity contribution in [1.82, 2.24) is 4.31 Å². The van der Waals surface area contributed by atoms with Gasteiger partial charge < -0.3 is 0 Å². The Hall–Kier alpha value is -1.50. The Morgan fingerprint density at radius 3 is 2.24 bits per heavy atom. The lowest BCUT2D eigenvalue weighted by Crippen LogP contribution is -2.38. The normalized spacial score (nSPS) is 11.5. The number of alkyl halides is 2. The summed E-state index contributed by atoms with van der Waals surface area (Å²) < 4.78 is 48.4. The first-order valence-electron chi connectivity index (χ1n) is 4.72. The van der Waals surface area contributed by atoms with Crippen LogP contribution in [0.3, 0.4) is 0 Å².